The van der Waals surface area contributed by atoms with Crippen LogP contribution in [0.3, 0.4) is 0 Å². The maximum absolute atomic E-state index is 13.0. The van der Waals surface area contributed by atoms with Crippen LogP contribution in [0.2, 0.25) is 0 Å². The minimum Gasteiger partial charge on any atom is -0.491 e. The van der Waals surface area contributed by atoms with E-state index in [0.717, 1.165) is 16.0 Å². The van der Waals surface area contributed by atoms with Crippen molar-refractivity contribution in [2.45, 2.75) is 49.1 Å². The summed E-state index contributed by atoms with van der Waals surface area (Å²) >= 11 is 1.49. The molecule has 0 aromatic heterocycles. The molecule has 2 aliphatic rings. The van der Waals surface area contributed by atoms with Gasteiger partial charge in [-0.2, -0.15) is 8.42 Å². The second-order valence-corrected chi connectivity index (χ2v) is 10.9. The van der Waals surface area contributed by atoms with Crippen LogP contribution in [0.4, 0.5) is 0 Å². The van der Waals surface area contributed by atoms with Gasteiger partial charge < -0.3 is 9.64 Å². The highest BCUT2D eigenvalue weighted by Gasteiger charge is 2.39. The Kier molecular flexibility index (Phi) is 7.48. The molecule has 0 bridgehead atoms. The molecule has 2 heterocycles. The van der Waals surface area contributed by atoms with Crippen LogP contribution in [0.5, 0.6) is 5.75 Å². The number of rotatable bonds is 9. The highest BCUT2D eigenvalue weighted by molar-refractivity contribution is 7.99. The first-order valence-corrected chi connectivity index (χ1v) is 13.6. The fourth-order valence-corrected chi connectivity index (χ4v) is 6.10. The average molecular weight is 519 g/mol. The van der Waals surface area contributed by atoms with E-state index in [1.807, 2.05) is 13.0 Å². The number of nitrogens with zero attached hydrogens (tertiary/aromatic N) is 1. The van der Waals surface area contributed by atoms with E-state index in [1.165, 1.54) is 22.7 Å². The number of thioether (sulfide) groups is 1. The molecular formula is C24H26N2O7S2. The van der Waals surface area contributed by atoms with Crippen molar-refractivity contribution < 1.29 is 31.7 Å². The van der Waals surface area contributed by atoms with Gasteiger partial charge in [0.15, 0.2) is 0 Å². The number of hydrogen-bond acceptors (Lipinski definition) is 8. The third-order valence-corrected chi connectivity index (χ3v) is 8.27. The summed E-state index contributed by atoms with van der Waals surface area (Å²) in [5.41, 5.74) is 2.24. The first-order valence-electron chi connectivity index (χ1n) is 11.2. The van der Waals surface area contributed by atoms with E-state index in [4.69, 9.17) is 8.92 Å². The fraction of sp³-hybridized carbons (Fsp3) is 0.375. The molecule has 0 aliphatic carbocycles. The van der Waals surface area contributed by atoms with Crippen LogP contribution in [0.25, 0.3) is 0 Å². The summed E-state index contributed by atoms with van der Waals surface area (Å²) in [4.78, 5) is 39.1. The van der Waals surface area contributed by atoms with Crippen molar-refractivity contribution in [1.82, 2.24) is 10.2 Å². The largest absolute Gasteiger partial charge is 0.491 e. The second kappa shape index (κ2) is 10.4. The van der Waals surface area contributed by atoms with Crippen LogP contribution >= 0.6 is 11.8 Å². The zero-order valence-electron chi connectivity index (χ0n) is 19.4. The molecule has 1 atom stereocenters. The number of aryl methyl sites for hydroxylation is 1. The zero-order chi connectivity index (χ0) is 25.2. The molecule has 0 spiro atoms. The number of amides is 3. The molecule has 9 nitrogen and oxygen atoms in total. The first kappa shape index (κ1) is 25.2. The van der Waals surface area contributed by atoms with Gasteiger partial charge in [-0.1, -0.05) is 12.1 Å². The number of fused-ring (bicyclic) bond motifs is 1. The fourth-order valence-electron chi connectivity index (χ4n) is 4.15. The second-order valence-electron chi connectivity index (χ2n) is 8.19. The number of hydrogen-bond donors (Lipinski definition) is 1. The lowest BCUT2D eigenvalue weighted by Crippen LogP contribution is -2.52. The topological polar surface area (TPSA) is 119 Å². The minimum atomic E-state index is -3.91. The number of imide groups is 1. The van der Waals surface area contributed by atoms with Crippen molar-refractivity contribution >= 4 is 39.6 Å². The third-order valence-electron chi connectivity index (χ3n) is 5.78. The quantitative estimate of drug-likeness (QED) is 0.233. The predicted octanol–water partition coefficient (Wildman–Crippen LogP) is 2.65. The molecule has 1 fully saturated rings. The Bertz CT molecular complexity index is 1280. The third kappa shape index (κ3) is 5.36. The van der Waals surface area contributed by atoms with E-state index in [0.29, 0.717) is 24.3 Å². The molecule has 11 heteroatoms. The molecule has 1 N–H and O–H groups in total. The monoisotopic (exact) mass is 518 g/mol. The van der Waals surface area contributed by atoms with E-state index >= 15 is 0 Å². The van der Waals surface area contributed by atoms with Gasteiger partial charge in [-0.05, 0) is 55.7 Å². The summed E-state index contributed by atoms with van der Waals surface area (Å²) in [5.74, 6) is -0.251. The standard InChI is InChI=1S/C24H26N2O7S2/c1-3-33-35(30,31)21-9-7-15(2)13-19(21)32-11-12-34-20-6-4-5-16-17(20)14-26(24(16)29)18-8-10-22(27)25-23(18)28/h4-7,9,13,18H,3,8,10-12,14H2,1-2H3,(H,25,27,28). The van der Waals surface area contributed by atoms with Gasteiger partial charge in [-0.15, -0.1) is 11.8 Å². The number of carbonyl (C=O) groups is 3. The minimum absolute atomic E-state index is 0.0129. The molecule has 1 saturated heterocycles. The van der Waals surface area contributed by atoms with Crippen molar-refractivity contribution in [1.29, 1.82) is 0 Å². The number of ether oxygens (including phenoxy) is 1. The van der Waals surface area contributed by atoms with Crippen molar-refractivity contribution in [2.24, 2.45) is 0 Å². The van der Waals surface area contributed by atoms with Gasteiger partial charge in [0, 0.05) is 29.2 Å². The van der Waals surface area contributed by atoms with Crippen molar-refractivity contribution in [3.63, 3.8) is 0 Å². The van der Waals surface area contributed by atoms with E-state index in [-0.39, 0.29) is 42.1 Å². The summed E-state index contributed by atoms with van der Waals surface area (Å²) in [6.07, 6.45) is 0.514. The predicted molar refractivity (Wildman–Crippen MR) is 129 cm³/mol. The lowest BCUT2D eigenvalue weighted by atomic mass is 10.0. The lowest BCUT2D eigenvalue weighted by Gasteiger charge is -2.29. The summed E-state index contributed by atoms with van der Waals surface area (Å²) in [6, 6.07) is 9.59. The van der Waals surface area contributed by atoms with Gasteiger partial charge in [0.1, 0.15) is 16.7 Å². The van der Waals surface area contributed by atoms with Gasteiger partial charge in [0.2, 0.25) is 11.8 Å². The van der Waals surface area contributed by atoms with Crippen molar-refractivity contribution in [3.8, 4) is 5.75 Å². The van der Waals surface area contributed by atoms with Crippen LogP contribution < -0.4 is 10.1 Å². The number of benzene rings is 2. The molecule has 2 aliphatic heterocycles. The molecule has 0 radical (unpaired) electrons. The van der Waals surface area contributed by atoms with E-state index in [9.17, 15) is 22.8 Å². The number of carbonyl (C=O) groups excluding carboxylic acids is 3. The van der Waals surface area contributed by atoms with Crippen molar-refractivity contribution in [3.05, 3.63) is 53.1 Å². The van der Waals surface area contributed by atoms with Crippen molar-refractivity contribution in [2.75, 3.05) is 19.0 Å². The molecule has 186 valence electrons. The smallest absolute Gasteiger partial charge is 0.300 e. The van der Waals surface area contributed by atoms with Gasteiger partial charge in [0.05, 0.1) is 13.2 Å². The molecule has 4 rings (SSSR count). The Balaban J connectivity index is 1.42. The van der Waals surface area contributed by atoms with E-state index in [1.54, 1.807) is 31.2 Å². The summed E-state index contributed by atoms with van der Waals surface area (Å²) in [7, 11) is -3.91. The van der Waals surface area contributed by atoms with Crippen LogP contribution in [-0.2, 0) is 30.4 Å². The zero-order valence-corrected chi connectivity index (χ0v) is 21.0. The Morgan fingerprint density at radius 3 is 2.71 bits per heavy atom. The van der Waals surface area contributed by atoms with Crippen LogP contribution in [0.1, 0.15) is 41.3 Å². The van der Waals surface area contributed by atoms with E-state index < -0.39 is 22.1 Å². The van der Waals surface area contributed by atoms with Crippen LogP contribution in [0.15, 0.2) is 46.2 Å². The Morgan fingerprint density at radius 2 is 1.97 bits per heavy atom. The van der Waals surface area contributed by atoms with Crippen LogP contribution in [-0.4, -0.2) is 56.0 Å². The highest BCUT2D eigenvalue weighted by atomic mass is 32.2. The first-order chi connectivity index (χ1) is 16.7. The lowest BCUT2D eigenvalue weighted by molar-refractivity contribution is -0.136. The molecule has 2 aromatic carbocycles. The molecule has 35 heavy (non-hydrogen) atoms. The van der Waals surface area contributed by atoms with Gasteiger partial charge in [0.25, 0.3) is 5.91 Å². The van der Waals surface area contributed by atoms with Gasteiger partial charge in [-0.3, -0.25) is 23.9 Å². The number of piperidine rings is 1. The Morgan fingerprint density at radius 1 is 1.17 bits per heavy atom. The van der Waals surface area contributed by atoms with E-state index in [2.05, 4.69) is 5.32 Å². The Hall–Kier alpha value is -2.89. The average Bonchev–Trinajstić information content (AvgIpc) is 3.13. The summed E-state index contributed by atoms with van der Waals surface area (Å²) in [6.45, 7) is 4.00. The molecule has 1 unspecified atom stereocenters. The van der Waals surface area contributed by atoms with Gasteiger partial charge >= 0.3 is 10.1 Å². The summed E-state index contributed by atoms with van der Waals surface area (Å²) in [5, 5.41) is 2.31. The maximum atomic E-state index is 13.0. The van der Waals surface area contributed by atoms with Gasteiger partial charge in [-0.25, -0.2) is 0 Å². The molecule has 0 saturated carbocycles. The SMILES string of the molecule is CCOS(=O)(=O)c1ccc(C)cc1OCCSc1cccc2c1CN(C1CCC(=O)NC1=O)C2=O. The molecular weight excluding hydrogens is 492 g/mol. The normalized spacial score (nSPS) is 17.9. The van der Waals surface area contributed by atoms with Crippen LogP contribution in [0, 0.1) is 6.92 Å². The molecule has 2 aromatic rings. The molecule has 3 amide bonds. The summed E-state index contributed by atoms with van der Waals surface area (Å²) < 4.78 is 35.5. The highest BCUT2D eigenvalue weighted by Crippen LogP contribution is 2.34. The number of nitrogens with one attached hydrogen (secondary N) is 1. The Labute approximate surface area is 208 Å². The maximum Gasteiger partial charge on any atom is 0.300 e.